The SMILES string of the molecule is C=CC(=O)NCCCC(=O)NC(Cc1ccc(OC(C)(C)C)cc1)C(=O)OC(C)(C)C. The molecule has 0 aliphatic carbocycles. The summed E-state index contributed by atoms with van der Waals surface area (Å²) in [5.41, 5.74) is -0.102. The molecule has 0 radical (unpaired) electrons. The highest BCUT2D eigenvalue weighted by Gasteiger charge is 2.27. The highest BCUT2D eigenvalue weighted by molar-refractivity contribution is 5.87. The third kappa shape index (κ3) is 11.8. The van der Waals surface area contributed by atoms with Gasteiger partial charge in [0.15, 0.2) is 0 Å². The molecule has 0 saturated heterocycles. The van der Waals surface area contributed by atoms with Gasteiger partial charge in [-0.05, 0) is 71.7 Å². The highest BCUT2D eigenvalue weighted by atomic mass is 16.6. The van der Waals surface area contributed by atoms with Crippen molar-refractivity contribution in [2.75, 3.05) is 6.54 Å². The summed E-state index contributed by atoms with van der Waals surface area (Å²) >= 11 is 0. The number of rotatable bonds is 10. The third-order valence-electron chi connectivity index (χ3n) is 3.88. The van der Waals surface area contributed by atoms with Crippen molar-refractivity contribution >= 4 is 17.8 Å². The number of amides is 2. The molecule has 0 aliphatic rings. The van der Waals surface area contributed by atoms with Gasteiger partial charge in [0.2, 0.25) is 11.8 Å². The maximum Gasteiger partial charge on any atom is 0.329 e. The molecule has 0 heterocycles. The molecule has 0 bridgehead atoms. The van der Waals surface area contributed by atoms with Gasteiger partial charge in [-0.2, -0.15) is 0 Å². The zero-order chi connectivity index (χ0) is 23.7. The van der Waals surface area contributed by atoms with Crippen LogP contribution in [0, 0.1) is 0 Å². The fourth-order valence-electron chi connectivity index (χ4n) is 2.65. The summed E-state index contributed by atoms with van der Waals surface area (Å²) in [6.07, 6.45) is 2.10. The molecule has 0 aliphatic heterocycles. The highest BCUT2D eigenvalue weighted by Crippen LogP contribution is 2.19. The van der Waals surface area contributed by atoms with Crippen LogP contribution >= 0.6 is 0 Å². The minimum Gasteiger partial charge on any atom is -0.488 e. The Morgan fingerprint density at radius 2 is 1.65 bits per heavy atom. The van der Waals surface area contributed by atoms with E-state index in [0.717, 1.165) is 11.3 Å². The lowest BCUT2D eigenvalue weighted by molar-refractivity contribution is -0.158. The van der Waals surface area contributed by atoms with Gasteiger partial charge in [-0.1, -0.05) is 18.7 Å². The first-order valence-electron chi connectivity index (χ1n) is 10.5. The fraction of sp³-hybridized carbons (Fsp3) is 0.542. The Hall–Kier alpha value is -2.83. The summed E-state index contributed by atoms with van der Waals surface area (Å²) in [4.78, 5) is 36.2. The maximum atomic E-state index is 12.7. The van der Waals surface area contributed by atoms with Crippen LogP contribution in [0.1, 0.15) is 59.9 Å². The lowest BCUT2D eigenvalue weighted by Crippen LogP contribution is -2.45. The van der Waals surface area contributed by atoms with E-state index in [1.807, 2.05) is 45.0 Å². The minimum absolute atomic E-state index is 0.176. The van der Waals surface area contributed by atoms with Gasteiger partial charge in [0, 0.05) is 19.4 Å². The number of benzene rings is 1. The third-order valence-corrected chi connectivity index (χ3v) is 3.88. The zero-order valence-corrected chi connectivity index (χ0v) is 19.5. The van der Waals surface area contributed by atoms with Crippen LogP contribution < -0.4 is 15.4 Å². The zero-order valence-electron chi connectivity index (χ0n) is 19.5. The number of carbonyl (C=O) groups excluding carboxylic acids is 3. The van der Waals surface area contributed by atoms with Crippen LogP contribution in [0.25, 0.3) is 0 Å². The molecule has 0 saturated carbocycles. The largest absolute Gasteiger partial charge is 0.488 e. The Balaban J connectivity index is 2.77. The first-order valence-corrected chi connectivity index (χ1v) is 10.5. The van der Waals surface area contributed by atoms with E-state index >= 15 is 0 Å². The van der Waals surface area contributed by atoms with Crippen LogP contribution in [0.4, 0.5) is 0 Å². The van der Waals surface area contributed by atoms with Gasteiger partial charge in [-0.3, -0.25) is 9.59 Å². The van der Waals surface area contributed by atoms with Gasteiger partial charge in [0.05, 0.1) is 0 Å². The van der Waals surface area contributed by atoms with Gasteiger partial charge in [0.25, 0.3) is 0 Å². The van der Waals surface area contributed by atoms with Crippen molar-refractivity contribution < 1.29 is 23.9 Å². The summed E-state index contributed by atoms with van der Waals surface area (Å²) in [5, 5.41) is 5.38. The predicted octanol–water partition coefficient (Wildman–Crippen LogP) is 3.32. The first kappa shape index (κ1) is 26.2. The van der Waals surface area contributed by atoms with Gasteiger partial charge >= 0.3 is 5.97 Å². The molecule has 0 fully saturated rings. The molecule has 0 aromatic heterocycles. The molecule has 1 atom stereocenters. The molecule has 2 N–H and O–H groups in total. The van der Waals surface area contributed by atoms with E-state index in [2.05, 4.69) is 17.2 Å². The number of hydrogen-bond acceptors (Lipinski definition) is 5. The average Bonchev–Trinajstić information content (AvgIpc) is 2.63. The molecule has 172 valence electrons. The minimum atomic E-state index is -0.816. The first-order chi connectivity index (χ1) is 14.3. The number of nitrogens with one attached hydrogen (secondary N) is 2. The van der Waals surface area contributed by atoms with Gasteiger partial charge in [-0.15, -0.1) is 0 Å². The molecule has 1 aromatic rings. The molecule has 1 rings (SSSR count). The van der Waals surface area contributed by atoms with Crippen LogP contribution in [0.5, 0.6) is 5.75 Å². The van der Waals surface area contributed by atoms with Crippen molar-refractivity contribution in [3.05, 3.63) is 42.5 Å². The molecule has 1 unspecified atom stereocenters. The second-order valence-corrected chi connectivity index (χ2v) is 9.31. The van der Waals surface area contributed by atoms with E-state index in [1.54, 1.807) is 20.8 Å². The van der Waals surface area contributed by atoms with Crippen molar-refractivity contribution in [2.24, 2.45) is 0 Å². The van der Waals surface area contributed by atoms with Crippen molar-refractivity contribution in [3.8, 4) is 5.75 Å². The van der Waals surface area contributed by atoms with Crippen molar-refractivity contribution in [1.29, 1.82) is 0 Å². The summed E-state index contributed by atoms with van der Waals surface area (Å²) in [6.45, 7) is 15.0. The second-order valence-electron chi connectivity index (χ2n) is 9.31. The van der Waals surface area contributed by atoms with Gasteiger partial charge in [-0.25, -0.2) is 4.79 Å². The van der Waals surface area contributed by atoms with Crippen LogP contribution in [-0.4, -0.2) is 41.6 Å². The Bertz CT molecular complexity index is 758. The number of ether oxygens (including phenoxy) is 2. The molecule has 7 heteroatoms. The fourth-order valence-corrected chi connectivity index (χ4v) is 2.65. The maximum absolute atomic E-state index is 12.7. The van der Waals surface area contributed by atoms with Crippen molar-refractivity contribution in [1.82, 2.24) is 10.6 Å². The second kappa shape index (κ2) is 11.5. The quantitative estimate of drug-likeness (QED) is 0.336. The van der Waals surface area contributed by atoms with Gasteiger partial charge < -0.3 is 20.1 Å². The summed E-state index contributed by atoms with van der Waals surface area (Å²) < 4.78 is 11.3. The Kier molecular flexibility index (Phi) is 9.75. The number of carbonyl (C=O) groups is 3. The molecule has 31 heavy (non-hydrogen) atoms. The van der Waals surface area contributed by atoms with E-state index in [1.165, 1.54) is 6.08 Å². The summed E-state index contributed by atoms with van der Waals surface area (Å²) in [5.74, 6) is -0.325. The van der Waals surface area contributed by atoms with E-state index in [0.29, 0.717) is 19.4 Å². The predicted molar refractivity (Wildman–Crippen MR) is 121 cm³/mol. The van der Waals surface area contributed by atoms with Crippen LogP contribution in [0.3, 0.4) is 0 Å². The number of esters is 1. The van der Waals surface area contributed by atoms with Crippen LogP contribution in [0.2, 0.25) is 0 Å². The lowest BCUT2D eigenvalue weighted by Gasteiger charge is -2.25. The summed E-state index contributed by atoms with van der Waals surface area (Å²) in [6, 6.07) is 6.61. The Morgan fingerprint density at radius 3 is 2.16 bits per heavy atom. The monoisotopic (exact) mass is 432 g/mol. The average molecular weight is 433 g/mol. The molecule has 7 nitrogen and oxygen atoms in total. The molecule has 0 spiro atoms. The Labute approximate surface area is 185 Å². The van der Waals surface area contributed by atoms with Crippen molar-refractivity contribution in [3.63, 3.8) is 0 Å². The smallest absolute Gasteiger partial charge is 0.329 e. The van der Waals surface area contributed by atoms with E-state index in [4.69, 9.17) is 9.47 Å². The topological polar surface area (TPSA) is 93.7 Å². The van der Waals surface area contributed by atoms with Gasteiger partial charge in [0.1, 0.15) is 23.0 Å². The molecule has 2 amide bonds. The van der Waals surface area contributed by atoms with E-state index < -0.39 is 17.6 Å². The molecule has 1 aromatic carbocycles. The van der Waals surface area contributed by atoms with Crippen molar-refractivity contribution in [2.45, 2.75) is 78.0 Å². The lowest BCUT2D eigenvalue weighted by atomic mass is 10.0. The van der Waals surface area contributed by atoms with E-state index in [-0.39, 0.29) is 23.8 Å². The van der Waals surface area contributed by atoms with Crippen LogP contribution in [0.15, 0.2) is 36.9 Å². The molecular formula is C24H36N2O5. The normalized spacial score (nSPS) is 12.5. The van der Waals surface area contributed by atoms with E-state index in [9.17, 15) is 14.4 Å². The number of hydrogen-bond donors (Lipinski definition) is 2. The summed E-state index contributed by atoms with van der Waals surface area (Å²) in [7, 11) is 0. The standard InChI is InChI=1S/C24H36N2O5/c1-8-20(27)25-15-9-10-21(28)26-19(22(29)31-24(5,6)7)16-17-11-13-18(14-12-17)30-23(2,3)4/h8,11-14,19H,1,9-10,15-16H2,2-7H3,(H,25,27)(H,26,28). The Morgan fingerprint density at radius 1 is 1.03 bits per heavy atom. The molecular weight excluding hydrogens is 396 g/mol. The van der Waals surface area contributed by atoms with Crippen LogP contribution in [-0.2, 0) is 25.5 Å².